The third kappa shape index (κ3) is 1.95. The number of nitrogens with one attached hydrogen (secondary N) is 1. The van der Waals surface area contributed by atoms with Crippen molar-refractivity contribution in [3.8, 4) is 22.8 Å². The average molecular weight is 308 g/mol. The van der Waals surface area contributed by atoms with Crippen molar-refractivity contribution in [3.05, 3.63) is 42.5 Å². The number of benzene rings is 1. The summed E-state index contributed by atoms with van der Waals surface area (Å²) < 4.78 is 12.8. The Labute approximate surface area is 132 Å². The van der Waals surface area contributed by atoms with Crippen LogP contribution < -0.4 is 9.47 Å². The van der Waals surface area contributed by atoms with Crippen LogP contribution in [0.4, 0.5) is 0 Å². The molecule has 0 bridgehead atoms. The molecule has 3 aromatic heterocycles. The zero-order chi connectivity index (χ0) is 16.0. The standard InChI is InChI=1S/C17H16N4O2/c1-10-20-16(11-4-5-14(22-2)15(8-11)23-3)13-9-19-17-12(21(10)13)6-7-18-17/h4-9,18H,1-3H3. The number of aromatic nitrogens is 4. The summed E-state index contributed by atoms with van der Waals surface area (Å²) in [6.07, 6.45) is 3.72. The Balaban J connectivity index is 1.99. The predicted molar refractivity (Wildman–Crippen MR) is 88.1 cm³/mol. The van der Waals surface area contributed by atoms with Crippen molar-refractivity contribution in [1.82, 2.24) is 19.4 Å². The maximum Gasteiger partial charge on any atom is 0.161 e. The zero-order valence-corrected chi connectivity index (χ0v) is 13.1. The fraction of sp³-hybridized carbons (Fsp3) is 0.176. The third-order valence-electron chi connectivity index (χ3n) is 4.00. The van der Waals surface area contributed by atoms with Gasteiger partial charge in [-0.15, -0.1) is 0 Å². The Kier molecular flexibility index (Phi) is 2.97. The summed E-state index contributed by atoms with van der Waals surface area (Å²) in [6.45, 7) is 1.99. The molecular weight excluding hydrogens is 292 g/mol. The minimum absolute atomic E-state index is 0.680. The van der Waals surface area contributed by atoms with Gasteiger partial charge >= 0.3 is 0 Å². The van der Waals surface area contributed by atoms with Crippen molar-refractivity contribution in [2.45, 2.75) is 6.92 Å². The van der Waals surface area contributed by atoms with Gasteiger partial charge in [0.2, 0.25) is 0 Å². The predicted octanol–water partition coefficient (Wildman–Crippen LogP) is 3.20. The number of hydrogen-bond acceptors (Lipinski definition) is 4. The normalized spacial score (nSPS) is 11.3. The molecule has 0 aliphatic heterocycles. The number of ether oxygens (including phenoxy) is 2. The number of aromatic amines is 1. The molecule has 0 radical (unpaired) electrons. The number of imidazole rings is 1. The van der Waals surface area contributed by atoms with Crippen LogP contribution >= 0.6 is 0 Å². The maximum atomic E-state index is 5.39. The van der Waals surface area contributed by atoms with E-state index in [4.69, 9.17) is 14.5 Å². The fourth-order valence-corrected chi connectivity index (χ4v) is 2.93. The quantitative estimate of drug-likeness (QED) is 0.631. The molecule has 0 aliphatic rings. The summed E-state index contributed by atoms with van der Waals surface area (Å²) in [6, 6.07) is 7.80. The monoisotopic (exact) mass is 308 g/mol. The summed E-state index contributed by atoms with van der Waals surface area (Å²) in [5.74, 6) is 2.29. The lowest BCUT2D eigenvalue weighted by Gasteiger charge is -2.08. The van der Waals surface area contributed by atoms with Crippen molar-refractivity contribution in [2.24, 2.45) is 0 Å². The molecule has 4 rings (SSSR count). The van der Waals surface area contributed by atoms with Crippen LogP contribution in [0, 0.1) is 6.92 Å². The minimum Gasteiger partial charge on any atom is -0.493 e. The first-order chi connectivity index (χ1) is 11.2. The van der Waals surface area contributed by atoms with Gasteiger partial charge in [0.1, 0.15) is 5.82 Å². The molecule has 0 atom stereocenters. The van der Waals surface area contributed by atoms with E-state index in [1.54, 1.807) is 14.2 Å². The van der Waals surface area contributed by atoms with Gasteiger partial charge in [0.25, 0.3) is 0 Å². The number of H-pyrrole nitrogens is 1. The minimum atomic E-state index is 0.680. The fourth-order valence-electron chi connectivity index (χ4n) is 2.93. The Hall–Kier alpha value is -3.02. The zero-order valence-electron chi connectivity index (χ0n) is 13.1. The van der Waals surface area contributed by atoms with Gasteiger partial charge in [0.15, 0.2) is 17.1 Å². The van der Waals surface area contributed by atoms with Gasteiger partial charge < -0.3 is 14.5 Å². The number of fused-ring (bicyclic) bond motifs is 3. The molecule has 1 aromatic carbocycles. The molecule has 0 unspecified atom stereocenters. The molecule has 116 valence electrons. The maximum absolute atomic E-state index is 5.39. The van der Waals surface area contributed by atoms with Gasteiger partial charge in [-0.2, -0.15) is 0 Å². The third-order valence-corrected chi connectivity index (χ3v) is 4.00. The van der Waals surface area contributed by atoms with Gasteiger partial charge in [-0.1, -0.05) is 0 Å². The summed E-state index contributed by atoms with van der Waals surface area (Å²) in [7, 11) is 3.25. The van der Waals surface area contributed by atoms with Crippen LogP contribution in [0.15, 0.2) is 36.7 Å². The average Bonchev–Trinajstić information content (AvgIpc) is 3.18. The van der Waals surface area contributed by atoms with Crippen LogP contribution in [-0.4, -0.2) is 33.6 Å². The molecule has 0 aliphatic carbocycles. The molecule has 0 fully saturated rings. The molecule has 0 amide bonds. The van der Waals surface area contributed by atoms with Crippen molar-refractivity contribution in [3.63, 3.8) is 0 Å². The van der Waals surface area contributed by atoms with E-state index in [0.717, 1.165) is 33.8 Å². The highest BCUT2D eigenvalue weighted by Crippen LogP contribution is 2.34. The van der Waals surface area contributed by atoms with Crippen LogP contribution in [0.2, 0.25) is 0 Å². The lowest BCUT2D eigenvalue weighted by Crippen LogP contribution is -1.92. The topological polar surface area (TPSA) is 64.4 Å². The molecule has 6 heteroatoms. The largest absolute Gasteiger partial charge is 0.493 e. The number of rotatable bonds is 3. The Morgan fingerprint density at radius 1 is 1.04 bits per heavy atom. The number of nitrogens with zero attached hydrogens (tertiary/aromatic N) is 3. The SMILES string of the molecule is COc1ccc(-c2nc(C)n3c2cnc2[nH]ccc23)cc1OC. The molecule has 3 heterocycles. The second-order valence-electron chi connectivity index (χ2n) is 5.27. The Bertz CT molecular complexity index is 1020. The van der Waals surface area contributed by atoms with Gasteiger partial charge in [-0.3, -0.25) is 4.40 Å². The highest BCUT2D eigenvalue weighted by molar-refractivity contribution is 5.84. The van der Waals surface area contributed by atoms with Gasteiger partial charge in [-0.25, -0.2) is 9.97 Å². The molecule has 1 N–H and O–H groups in total. The molecule has 0 spiro atoms. The summed E-state index contributed by atoms with van der Waals surface area (Å²) in [4.78, 5) is 12.3. The van der Waals surface area contributed by atoms with Crippen LogP contribution in [-0.2, 0) is 0 Å². The van der Waals surface area contributed by atoms with Crippen molar-refractivity contribution < 1.29 is 9.47 Å². The van der Waals surface area contributed by atoms with Crippen LogP contribution in [0.5, 0.6) is 11.5 Å². The van der Waals surface area contributed by atoms with Gasteiger partial charge in [-0.05, 0) is 31.2 Å². The second kappa shape index (κ2) is 5.01. The lowest BCUT2D eigenvalue weighted by molar-refractivity contribution is 0.355. The first-order valence-corrected chi connectivity index (χ1v) is 7.26. The lowest BCUT2D eigenvalue weighted by atomic mass is 10.1. The summed E-state index contributed by atoms with van der Waals surface area (Å²) >= 11 is 0. The van der Waals surface area contributed by atoms with Crippen LogP contribution in [0.25, 0.3) is 27.9 Å². The summed E-state index contributed by atoms with van der Waals surface area (Å²) in [5, 5.41) is 0. The smallest absolute Gasteiger partial charge is 0.161 e. The van der Waals surface area contributed by atoms with E-state index >= 15 is 0 Å². The van der Waals surface area contributed by atoms with Crippen LogP contribution in [0.3, 0.4) is 0 Å². The van der Waals surface area contributed by atoms with Gasteiger partial charge in [0.05, 0.1) is 37.1 Å². The Morgan fingerprint density at radius 3 is 2.65 bits per heavy atom. The van der Waals surface area contributed by atoms with Crippen molar-refractivity contribution >= 4 is 16.7 Å². The van der Waals surface area contributed by atoms with E-state index in [1.807, 2.05) is 43.6 Å². The molecular formula is C17H16N4O2. The van der Waals surface area contributed by atoms with E-state index in [1.165, 1.54) is 0 Å². The van der Waals surface area contributed by atoms with Gasteiger partial charge in [0, 0.05) is 11.8 Å². The first-order valence-electron chi connectivity index (χ1n) is 7.26. The highest BCUT2D eigenvalue weighted by Gasteiger charge is 2.15. The summed E-state index contributed by atoms with van der Waals surface area (Å²) in [5.41, 5.74) is 4.65. The molecule has 0 saturated carbocycles. The molecule has 0 saturated heterocycles. The van der Waals surface area contributed by atoms with E-state index in [-0.39, 0.29) is 0 Å². The van der Waals surface area contributed by atoms with Crippen LogP contribution in [0.1, 0.15) is 5.82 Å². The second-order valence-corrected chi connectivity index (χ2v) is 5.27. The number of methoxy groups -OCH3 is 2. The van der Waals surface area contributed by atoms with Crippen molar-refractivity contribution in [1.29, 1.82) is 0 Å². The molecule has 6 nitrogen and oxygen atoms in total. The Morgan fingerprint density at radius 2 is 1.87 bits per heavy atom. The highest BCUT2D eigenvalue weighted by atomic mass is 16.5. The molecule has 4 aromatic rings. The first kappa shape index (κ1) is 13.6. The van der Waals surface area contributed by atoms with E-state index < -0.39 is 0 Å². The molecule has 23 heavy (non-hydrogen) atoms. The van der Waals surface area contributed by atoms with E-state index in [2.05, 4.69) is 14.4 Å². The number of hydrogen-bond donors (Lipinski definition) is 1. The number of aryl methyl sites for hydroxylation is 1. The van der Waals surface area contributed by atoms with E-state index in [0.29, 0.717) is 11.5 Å². The van der Waals surface area contributed by atoms with Crippen molar-refractivity contribution in [2.75, 3.05) is 14.2 Å². The van der Waals surface area contributed by atoms with E-state index in [9.17, 15) is 0 Å².